The zero-order valence-electron chi connectivity index (χ0n) is 16.8. The lowest BCUT2D eigenvalue weighted by Crippen LogP contribution is -2.21. The molecule has 0 aliphatic heterocycles. The van der Waals surface area contributed by atoms with Gasteiger partial charge in [-0.2, -0.15) is 5.10 Å². The van der Waals surface area contributed by atoms with Gasteiger partial charge in [-0.05, 0) is 43.2 Å². The summed E-state index contributed by atoms with van der Waals surface area (Å²) in [5.41, 5.74) is 9.15. The van der Waals surface area contributed by atoms with E-state index in [1.54, 1.807) is 18.3 Å². The Morgan fingerprint density at radius 3 is 2.47 bits per heavy atom. The molecule has 2 heterocycles. The number of rotatable bonds is 5. The Hall–Kier alpha value is -3.44. The predicted octanol–water partition coefficient (Wildman–Crippen LogP) is 4.96. The van der Waals surface area contributed by atoms with Crippen LogP contribution >= 0.6 is 11.6 Å². The molecule has 150 valence electrons. The third-order valence-corrected chi connectivity index (χ3v) is 5.04. The summed E-state index contributed by atoms with van der Waals surface area (Å²) in [6.45, 7) is 4.06. The fraction of sp³-hybridized carbons (Fsp3) is 0.125. The van der Waals surface area contributed by atoms with Crippen molar-refractivity contribution in [2.75, 3.05) is 0 Å². The molecular formula is C24H21ClN4O. The van der Waals surface area contributed by atoms with Gasteiger partial charge in [0.15, 0.2) is 0 Å². The van der Waals surface area contributed by atoms with Gasteiger partial charge in [0.1, 0.15) is 5.65 Å². The number of nitrogens with zero attached hydrogens (tertiary/aromatic N) is 3. The van der Waals surface area contributed by atoms with E-state index in [1.165, 1.54) is 5.56 Å². The van der Waals surface area contributed by atoms with E-state index in [0.717, 1.165) is 33.7 Å². The minimum Gasteiger partial charge on any atom is -0.303 e. The van der Waals surface area contributed by atoms with Gasteiger partial charge in [0.05, 0.1) is 24.0 Å². The van der Waals surface area contributed by atoms with Crippen molar-refractivity contribution in [3.05, 3.63) is 94.3 Å². The second kappa shape index (κ2) is 8.51. The van der Waals surface area contributed by atoms with Crippen molar-refractivity contribution in [3.8, 4) is 11.3 Å². The number of halogens is 1. The number of nitrogens with one attached hydrogen (secondary N) is 1. The quantitative estimate of drug-likeness (QED) is 0.369. The number of fused-ring (bicyclic) bond motifs is 1. The van der Waals surface area contributed by atoms with Gasteiger partial charge in [-0.3, -0.25) is 4.79 Å². The number of amides is 1. The number of hydrogen-bond acceptors (Lipinski definition) is 3. The second-order valence-corrected chi connectivity index (χ2v) is 7.67. The molecule has 4 aromatic rings. The van der Waals surface area contributed by atoms with Crippen LogP contribution in [-0.4, -0.2) is 21.5 Å². The zero-order valence-corrected chi connectivity index (χ0v) is 17.5. The van der Waals surface area contributed by atoms with Crippen LogP contribution in [0.3, 0.4) is 0 Å². The Labute approximate surface area is 180 Å². The van der Waals surface area contributed by atoms with E-state index in [1.807, 2.05) is 73.0 Å². The second-order valence-electron chi connectivity index (χ2n) is 7.23. The van der Waals surface area contributed by atoms with Crippen LogP contribution in [0.2, 0.25) is 5.02 Å². The molecule has 0 aliphatic carbocycles. The van der Waals surface area contributed by atoms with Gasteiger partial charge in [-0.25, -0.2) is 10.4 Å². The molecule has 4 rings (SSSR count). The van der Waals surface area contributed by atoms with Crippen molar-refractivity contribution in [2.45, 2.75) is 20.3 Å². The smallest absolute Gasteiger partial charge is 0.246 e. The molecule has 0 saturated carbocycles. The SMILES string of the molecule is Cc1ccc(-c2nc3ccc(C)cn3c2CC(=O)N/N=C/c2ccc(Cl)cc2)cc1. The molecule has 2 aromatic heterocycles. The van der Waals surface area contributed by atoms with E-state index in [0.29, 0.717) is 5.02 Å². The standard InChI is InChI=1S/C24H21ClN4O/c1-16-3-8-19(9-4-16)24-21(29-15-17(2)5-12-22(29)27-24)13-23(30)28-26-14-18-6-10-20(25)11-7-18/h3-12,14-15H,13H2,1-2H3,(H,28,30)/b26-14+. The summed E-state index contributed by atoms with van der Waals surface area (Å²) < 4.78 is 1.98. The highest BCUT2D eigenvalue weighted by Gasteiger charge is 2.17. The molecule has 0 saturated heterocycles. The van der Waals surface area contributed by atoms with Crippen molar-refractivity contribution in [3.63, 3.8) is 0 Å². The maximum absolute atomic E-state index is 12.6. The zero-order chi connectivity index (χ0) is 21.1. The highest BCUT2D eigenvalue weighted by molar-refractivity contribution is 6.30. The number of carbonyl (C=O) groups is 1. The average molecular weight is 417 g/mol. The van der Waals surface area contributed by atoms with E-state index >= 15 is 0 Å². The van der Waals surface area contributed by atoms with Crippen molar-refractivity contribution >= 4 is 29.4 Å². The van der Waals surface area contributed by atoms with E-state index in [2.05, 4.69) is 10.5 Å². The first-order chi connectivity index (χ1) is 14.5. The Balaban J connectivity index is 1.61. The molecular weight excluding hydrogens is 396 g/mol. The van der Waals surface area contributed by atoms with Crippen LogP contribution in [0.5, 0.6) is 0 Å². The lowest BCUT2D eigenvalue weighted by molar-refractivity contribution is -0.120. The molecule has 0 fully saturated rings. The Kier molecular flexibility index (Phi) is 5.63. The van der Waals surface area contributed by atoms with Crippen LogP contribution in [-0.2, 0) is 11.2 Å². The first-order valence-electron chi connectivity index (χ1n) is 9.62. The molecule has 0 unspecified atom stereocenters. The summed E-state index contributed by atoms with van der Waals surface area (Å²) in [5.74, 6) is -0.211. The van der Waals surface area contributed by atoms with Crippen LogP contribution in [0, 0.1) is 13.8 Å². The number of imidazole rings is 1. The monoisotopic (exact) mass is 416 g/mol. The summed E-state index contributed by atoms with van der Waals surface area (Å²) in [7, 11) is 0. The fourth-order valence-electron chi connectivity index (χ4n) is 3.23. The molecule has 0 bridgehead atoms. The van der Waals surface area contributed by atoms with Crippen LogP contribution in [0.15, 0.2) is 72.0 Å². The van der Waals surface area contributed by atoms with Crippen LogP contribution in [0.4, 0.5) is 0 Å². The van der Waals surface area contributed by atoms with Crippen LogP contribution in [0.1, 0.15) is 22.4 Å². The summed E-state index contributed by atoms with van der Waals surface area (Å²) >= 11 is 5.89. The molecule has 2 aromatic carbocycles. The van der Waals surface area contributed by atoms with E-state index in [4.69, 9.17) is 16.6 Å². The number of pyridine rings is 1. The number of aryl methyl sites for hydroxylation is 2. The van der Waals surface area contributed by atoms with Gasteiger partial charge in [-0.15, -0.1) is 0 Å². The summed E-state index contributed by atoms with van der Waals surface area (Å²) in [6.07, 6.45) is 3.75. The molecule has 0 atom stereocenters. The molecule has 30 heavy (non-hydrogen) atoms. The summed E-state index contributed by atoms with van der Waals surface area (Å²) in [6, 6.07) is 19.4. The molecule has 0 spiro atoms. The largest absolute Gasteiger partial charge is 0.303 e. The topological polar surface area (TPSA) is 58.8 Å². The minimum atomic E-state index is -0.211. The van der Waals surface area contributed by atoms with Gasteiger partial charge < -0.3 is 4.40 Å². The van der Waals surface area contributed by atoms with Crippen LogP contribution in [0.25, 0.3) is 16.9 Å². The Morgan fingerprint density at radius 1 is 1.03 bits per heavy atom. The number of carbonyl (C=O) groups excluding carboxylic acids is 1. The highest BCUT2D eigenvalue weighted by atomic mass is 35.5. The molecule has 0 aliphatic rings. The van der Waals surface area contributed by atoms with E-state index < -0.39 is 0 Å². The highest BCUT2D eigenvalue weighted by Crippen LogP contribution is 2.26. The third-order valence-electron chi connectivity index (χ3n) is 4.79. The first kappa shape index (κ1) is 19.9. The number of benzene rings is 2. The lowest BCUT2D eigenvalue weighted by Gasteiger charge is -2.06. The molecule has 6 heteroatoms. The van der Waals surface area contributed by atoms with Gasteiger partial charge >= 0.3 is 0 Å². The first-order valence-corrected chi connectivity index (χ1v) is 9.99. The van der Waals surface area contributed by atoms with E-state index in [9.17, 15) is 4.79 Å². The third kappa shape index (κ3) is 4.42. The van der Waals surface area contributed by atoms with Gasteiger partial charge in [0, 0.05) is 16.8 Å². The van der Waals surface area contributed by atoms with E-state index in [-0.39, 0.29) is 12.3 Å². The van der Waals surface area contributed by atoms with Crippen molar-refractivity contribution in [2.24, 2.45) is 5.10 Å². The number of hydrazone groups is 1. The normalized spacial score (nSPS) is 11.3. The average Bonchev–Trinajstić information content (AvgIpc) is 3.07. The number of aromatic nitrogens is 2. The van der Waals surface area contributed by atoms with Crippen molar-refractivity contribution in [1.82, 2.24) is 14.8 Å². The van der Waals surface area contributed by atoms with Gasteiger partial charge in [0.2, 0.25) is 5.91 Å². The van der Waals surface area contributed by atoms with Crippen molar-refractivity contribution in [1.29, 1.82) is 0 Å². The fourth-order valence-corrected chi connectivity index (χ4v) is 3.36. The van der Waals surface area contributed by atoms with Crippen molar-refractivity contribution < 1.29 is 4.79 Å². The molecule has 1 amide bonds. The van der Waals surface area contributed by atoms with Gasteiger partial charge in [-0.1, -0.05) is 59.6 Å². The van der Waals surface area contributed by atoms with Crippen LogP contribution < -0.4 is 5.43 Å². The Bertz CT molecular complexity index is 1220. The lowest BCUT2D eigenvalue weighted by atomic mass is 10.1. The Morgan fingerprint density at radius 2 is 1.73 bits per heavy atom. The number of hydrogen-bond donors (Lipinski definition) is 1. The minimum absolute atomic E-state index is 0.159. The summed E-state index contributed by atoms with van der Waals surface area (Å²) in [5, 5.41) is 4.72. The molecule has 1 N–H and O–H groups in total. The maximum atomic E-state index is 12.6. The summed E-state index contributed by atoms with van der Waals surface area (Å²) in [4.78, 5) is 17.4. The predicted molar refractivity (Wildman–Crippen MR) is 121 cm³/mol. The molecule has 5 nitrogen and oxygen atoms in total. The maximum Gasteiger partial charge on any atom is 0.246 e. The van der Waals surface area contributed by atoms with Gasteiger partial charge in [0.25, 0.3) is 0 Å². The molecule has 0 radical (unpaired) electrons.